The predicted octanol–water partition coefficient (Wildman–Crippen LogP) is 2.53. The van der Waals surface area contributed by atoms with Crippen LogP contribution in [0.1, 0.15) is 48.0 Å². The van der Waals surface area contributed by atoms with Crippen molar-refractivity contribution in [1.82, 2.24) is 19.9 Å². The maximum atomic E-state index is 8.89. The fourth-order valence-electron chi connectivity index (χ4n) is 3.31. The third-order valence-corrected chi connectivity index (χ3v) is 4.96. The first-order chi connectivity index (χ1) is 12.3. The zero-order chi connectivity index (χ0) is 17.1. The van der Waals surface area contributed by atoms with Crippen LogP contribution in [-0.2, 0) is 13.1 Å². The Morgan fingerprint density at radius 2 is 1.76 bits per heavy atom. The molecule has 130 valence electrons. The monoisotopic (exact) mass is 337 g/mol. The molecule has 6 nitrogen and oxygen atoms in total. The maximum Gasteiger partial charge on any atom is 0.240 e. The van der Waals surface area contributed by atoms with Crippen LogP contribution in [0.5, 0.6) is 0 Å². The van der Waals surface area contributed by atoms with Crippen molar-refractivity contribution in [2.75, 3.05) is 26.2 Å². The topological polar surface area (TPSA) is 69.2 Å². The van der Waals surface area contributed by atoms with Gasteiger partial charge in [-0.05, 0) is 50.0 Å². The van der Waals surface area contributed by atoms with Crippen LogP contribution >= 0.6 is 0 Å². The van der Waals surface area contributed by atoms with Gasteiger partial charge in [0.15, 0.2) is 5.82 Å². The average molecular weight is 337 g/mol. The smallest absolute Gasteiger partial charge is 0.240 e. The largest absolute Gasteiger partial charge is 0.338 e. The van der Waals surface area contributed by atoms with Gasteiger partial charge in [-0.1, -0.05) is 17.3 Å². The van der Waals surface area contributed by atoms with Crippen molar-refractivity contribution in [3.8, 4) is 6.07 Å². The van der Waals surface area contributed by atoms with Crippen LogP contribution in [0.3, 0.4) is 0 Å². The van der Waals surface area contributed by atoms with Gasteiger partial charge in [-0.2, -0.15) is 10.2 Å². The molecule has 2 aromatic rings. The molecule has 1 saturated carbocycles. The summed E-state index contributed by atoms with van der Waals surface area (Å²) in [7, 11) is 0. The number of rotatable bonds is 5. The fraction of sp³-hybridized carbons (Fsp3) is 0.526. The number of nitriles is 1. The van der Waals surface area contributed by atoms with E-state index in [2.05, 4.69) is 38.1 Å². The zero-order valence-corrected chi connectivity index (χ0v) is 14.4. The SMILES string of the molecule is N#Cc1ccc(CN2CCCN(Cc3nc(C4CC4)no3)CC2)cc1. The summed E-state index contributed by atoms with van der Waals surface area (Å²) in [6.07, 6.45) is 3.54. The molecule has 1 aromatic heterocycles. The van der Waals surface area contributed by atoms with Gasteiger partial charge in [0.2, 0.25) is 5.89 Å². The molecule has 1 saturated heterocycles. The van der Waals surface area contributed by atoms with Crippen molar-refractivity contribution in [2.45, 2.75) is 38.3 Å². The van der Waals surface area contributed by atoms with Crippen LogP contribution in [-0.4, -0.2) is 46.1 Å². The molecule has 4 rings (SSSR count). The number of nitrogens with zero attached hydrogens (tertiary/aromatic N) is 5. The Hall–Kier alpha value is -2.23. The lowest BCUT2D eigenvalue weighted by molar-refractivity contribution is 0.222. The van der Waals surface area contributed by atoms with Gasteiger partial charge in [0.25, 0.3) is 0 Å². The Kier molecular flexibility index (Phi) is 4.77. The van der Waals surface area contributed by atoms with Gasteiger partial charge >= 0.3 is 0 Å². The highest BCUT2D eigenvalue weighted by Crippen LogP contribution is 2.38. The Morgan fingerprint density at radius 1 is 1.04 bits per heavy atom. The summed E-state index contributed by atoms with van der Waals surface area (Å²) in [4.78, 5) is 9.42. The van der Waals surface area contributed by atoms with Crippen LogP contribution in [0.2, 0.25) is 0 Å². The Balaban J connectivity index is 1.29. The number of hydrogen-bond acceptors (Lipinski definition) is 6. The van der Waals surface area contributed by atoms with E-state index in [0.717, 1.165) is 63.0 Å². The summed E-state index contributed by atoms with van der Waals surface area (Å²) in [5.41, 5.74) is 1.98. The molecular formula is C19H23N5O. The molecule has 0 unspecified atom stereocenters. The van der Waals surface area contributed by atoms with Crippen LogP contribution in [0.15, 0.2) is 28.8 Å². The summed E-state index contributed by atoms with van der Waals surface area (Å²) in [5, 5.41) is 13.0. The Bertz CT molecular complexity index is 744. The van der Waals surface area contributed by atoms with Crippen molar-refractivity contribution in [2.24, 2.45) is 0 Å². The van der Waals surface area contributed by atoms with Gasteiger partial charge in [-0.25, -0.2) is 0 Å². The number of aromatic nitrogens is 2. The van der Waals surface area contributed by atoms with E-state index in [-0.39, 0.29) is 0 Å². The van der Waals surface area contributed by atoms with E-state index in [1.807, 2.05) is 12.1 Å². The zero-order valence-electron chi connectivity index (χ0n) is 14.4. The van der Waals surface area contributed by atoms with Crippen molar-refractivity contribution in [1.29, 1.82) is 5.26 Å². The fourth-order valence-corrected chi connectivity index (χ4v) is 3.31. The van der Waals surface area contributed by atoms with Gasteiger partial charge in [-0.15, -0.1) is 0 Å². The molecule has 1 aliphatic carbocycles. The second kappa shape index (κ2) is 7.34. The first-order valence-electron chi connectivity index (χ1n) is 9.06. The summed E-state index contributed by atoms with van der Waals surface area (Å²) < 4.78 is 5.41. The molecule has 2 aliphatic rings. The molecule has 1 aromatic carbocycles. The van der Waals surface area contributed by atoms with Crippen molar-refractivity contribution < 1.29 is 4.52 Å². The maximum absolute atomic E-state index is 8.89. The highest BCUT2D eigenvalue weighted by atomic mass is 16.5. The molecule has 0 radical (unpaired) electrons. The summed E-state index contributed by atoms with van der Waals surface area (Å²) >= 11 is 0. The Morgan fingerprint density at radius 3 is 2.44 bits per heavy atom. The number of benzene rings is 1. The predicted molar refractivity (Wildman–Crippen MR) is 92.6 cm³/mol. The molecule has 2 heterocycles. The van der Waals surface area contributed by atoms with Crippen LogP contribution in [0.4, 0.5) is 0 Å². The van der Waals surface area contributed by atoms with Crippen molar-refractivity contribution in [3.05, 3.63) is 47.1 Å². The second-order valence-electron chi connectivity index (χ2n) is 7.04. The molecule has 0 N–H and O–H groups in total. The van der Waals surface area contributed by atoms with E-state index >= 15 is 0 Å². The van der Waals surface area contributed by atoms with E-state index in [9.17, 15) is 0 Å². The van der Waals surface area contributed by atoms with Gasteiger partial charge in [0.1, 0.15) is 0 Å². The summed E-state index contributed by atoms with van der Waals surface area (Å²) in [5.74, 6) is 2.19. The van der Waals surface area contributed by atoms with E-state index < -0.39 is 0 Å². The van der Waals surface area contributed by atoms with Crippen LogP contribution in [0.25, 0.3) is 0 Å². The van der Waals surface area contributed by atoms with Crippen molar-refractivity contribution >= 4 is 0 Å². The van der Waals surface area contributed by atoms with Crippen LogP contribution in [0, 0.1) is 11.3 Å². The second-order valence-corrected chi connectivity index (χ2v) is 7.04. The molecule has 2 fully saturated rings. The van der Waals surface area contributed by atoms with E-state index in [1.54, 1.807) is 0 Å². The highest BCUT2D eigenvalue weighted by molar-refractivity contribution is 5.31. The highest BCUT2D eigenvalue weighted by Gasteiger charge is 2.29. The quantitative estimate of drug-likeness (QED) is 0.835. The molecule has 0 bridgehead atoms. The van der Waals surface area contributed by atoms with Gasteiger partial charge < -0.3 is 4.52 Å². The van der Waals surface area contributed by atoms with Gasteiger partial charge in [0, 0.05) is 25.6 Å². The summed E-state index contributed by atoms with van der Waals surface area (Å²) in [6, 6.07) is 10.1. The lowest BCUT2D eigenvalue weighted by Gasteiger charge is -2.21. The molecule has 6 heteroatoms. The minimum Gasteiger partial charge on any atom is -0.338 e. The molecule has 0 amide bonds. The van der Waals surface area contributed by atoms with E-state index in [4.69, 9.17) is 9.78 Å². The third-order valence-electron chi connectivity index (χ3n) is 4.96. The molecule has 25 heavy (non-hydrogen) atoms. The van der Waals surface area contributed by atoms with E-state index in [0.29, 0.717) is 5.92 Å². The molecule has 0 atom stereocenters. The minimum absolute atomic E-state index is 0.546. The van der Waals surface area contributed by atoms with Crippen LogP contribution < -0.4 is 0 Å². The van der Waals surface area contributed by atoms with Crippen molar-refractivity contribution in [3.63, 3.8) is 0 Å². The molecular weight excluding hydrogens is 314 g/mol. The first-order valence-corrected chi connectivity index (χ1v) is 9.06. The lowest BCUT2D eigenvalue weighted by atomic mass is 10.1. The van der Waals surface area contributed by atoms with E-state index in [1.165, 1.54) is 18.4 Å². The first kappa shape index (κ1) is 16.2. The lowest BCUT2D eigenvalue weighted by Crippen LogP contribution is -2.30. The van der Waals surface area contributed by atoms with Gasteiger partial charge in [0.05, 0.1) is 18.2 Å². The normalized spacial score (nSPS) is 19.5. The molecule has 0 spiro atoms. The Labute approximate surface area is 148 Å². The average Bonchev–Trinajstić information content (AvgIpc) is 3.42. The molecule has 1 aliphatic heterocycles. The third kappa shape index (κ3) is 4.25. The minimum atomic E-state index is 0.546. The number of hydrogen-bond donors (Lipinski definition) is 0. The van der Waals surface area contributed by atoms with Gasteiger partial charge in [-0.3, -0.25) is 9.80 Å². The summed E-state index contributed by atoms with van der Waals surface area (Å²) in [6.45, 7) is 5.88. The standard InChI is InChI=1S/C19H23N5O/c20-12-15-2-4-16(5-3-15)13-23-8-1-9-24(11-10-23)14-18-21-19(22-25-18)17-6-7-17/h2-5,17H,1,6-11,13-14H2.